The quantitative estimate of drug-likeness (QED) is 0.830. The molecule has 1 heterocycles. The fourth-order valence-corrected chi connectivity index (χ4v) is 3.35. The number of piperazine rings is 1. The second kappa shape index (κ2) is 4.64. The highest BCUT2D eigenvalue weighted by Gasteiger charge is 2.38. The molecule has 0 bridgehead atoms. The highest BCUT2D eigenvalue weighted by Crippen LogP contribution is 2.30. The first-order valence-electron chi connectivity index (χ1n) is 7.17. The molecule has 0 aromatic heterocycles. The minimum Gasteiger partial charge on any atom is -0.335 e. The molecule has 2 aliphatic rings. The SMILES string of the molecule is CC1(C)CNCCN1C(=O)C1Cc2ccccc2C1. The van der Waals surface area contributed by atoms with E-state index in [2.05, 4.69) is 48.3 Å². The Hall–Kier alpha value is -1.35. The minimum atomic E-state index is -0.0654. The Morgan fingerprint density at radius 2 is 1.89 bits per heavy atom. The maximum Gasteiger partial charge on any atom is 0.226 e. The van der Waals surface area contributed by atoms with E-state index in [0.717, 1.165) is 32.5 Å². The van der Waals surface area contributed by atoms with E-state index in [1.54, 1.807) is 0 Å². The van der Waals surface area contributed by atoms with Crippen LogP contribution in [0.1, 0.15) is 25.0 Å². The van der Waals surface area contributed by atoms with Crippen LogP contribution < -0.4 is 5.32 Å². The van der Waals surface area contributed by atoms with E-state index in [9.17, 15) is 4.79 Å². The van der Waals surface area contributed by atoms with Crippen molar-refractivity contribution >= 4 is 5.91 Å². The third-order valence-electron chi connectivity index (χ3n) is 4.47. The number of nitrogens with zero attached hydrogens (tertiary/aromatic N) is 1. The van der Waals surface area contributed by atoms with E-state index in [-0.39, 0.29) is 11.5 Å². The Labute approximate surface area is 115 Å². The summed E-state index contributed by atoms with van der Waals surface area (Å²) in [6, 6.07) is 8.46. The van der Waals surface area contributed by atoms with Gasteiger partial charge in [-0.05, 0) is 37.8 Å². The first kappa shape index (κ1) is 12.7. The molecule has 0 unspecified atom stereocenters. The zero-order chi connectivity index (χ0) is 13.5. The number of carbonyl (C=O) groups excluding carboxylic acids is 1. The molecule has 1 aromatic carbocycles. The van der Waals surface area contributed by atoms with Gasteiger partial charge in [-0.2, -0.15) is 0 Å². The van der Waals surface area contributed by atoms with Crippen LogP contribution in [0.25, 0.3) is 0 Å². The van der Waals surface area contributed by atoms with Crippen molar-refractivity contribution in [3.63, 3.8) is 0 Å². The maximum absolute atomic E-state index is 12.8. The third kappa shape index (κ3) is 2.27. The van der Waals surface area contributed by atoms with E-state index >= 15 is 0 Å². The lowest BCUT2D eigenvalue weighted by Gasteiger charge is -2.44. The van der Waals surface area contributed by atoms with Crippen LogP contribution in [0.4, 0.5) is 0 Å². The van der Waals surface area contributed by atoms with Crippen LogP contribution in [0.2, 0.25) is 0 Å². The van der Waals surface area contributed by atoms with Gasteiger partial charge in [0.2, 0.25) is 5.91 Å². The van der Waals surface area contributed by atoms with Crippen LogP contribution in [-0.4, -0.2) is 36.0 Å². The number of fused-ring (bicyclic) bond motifs is 1. The maximum atomic E-state index is 12.8. The van der Waals surface area contributed by atoms with Gasteiger partial charge in [0.15, 0.2) is 0 Å². The summed E-state index contributed by atoms with van der Waals surface area (Å²) < 4.78 is 0. The summed E-state index contributed by atoms with van der Waals surface area (Å²) in [5.74, 6) is 0.484. The highest BCUT2D eigenvalue weighted by atomic mass is 16.2. The van der Waals surface area contributed by atoms with Gasteiger partial charge in [0.1, 0.15) is 0 Å². The molecule has 1 aliphatic heterocycles. The van der Waals surface area contributed by atoms with E-state index in [1.807, 2.05) is 0 Å². The van der Waals surface area contributed by atoms with E-state index in [4.69, 9.17) is 0 Å². The fraction of sp³-hybridized carbons (Fsp3) is 0.562. The molecule has 0 saturated carbocycles. The predicted octanol–water partition coefficient (Wildman–Crippen LogP) is 1.61. The number of benzene rings is 1. The standard InChI is InChI=1S/C16H22N2O/c1-16(2)11-17-7-8-18(16)15(19)14-9-12-5-3-4-6-13(12)10-14/h3-6,14,17H,7-11H2,1-2H3. The van der Waals surface area contributed by atoms with Gasteiger partial charge in [-0.1, -0.05) is 24.3 Å². The summed E-state index contributed by atoms with van der Waals surface area (Å²) in [6.07, 6.45) is 1.82. The number of hydrogen-bond donors (Lipinski definition) is 1. The Morgan fingerprint density at radius 3 is 2.47 bits per heavy atom. The summed E-state index contributed by atoms with van der Waals surface area (Å²) >= 11 is 0. The molecule has 1 saturated heterocycles. The Kier molecular flexibility index (Phi) is 3.09. The molecule has 1 amide bonds. The third-order valence-corrected chi connectivity index (χ3v) is 4.47. The summed E-state index contributed by atoms with van der Waals surface area (Å²) in [5, 5.41) is 3.37. The lowest BCUT2D eigenvalue weighted by Crippen LogP contribution is -2.61. The van der Waals surface area contributed by atoms with Gasteiger partial charge >= 0.3 is 0 Å². The predicted molar refractivity (Wildman–Crippen MR) is 76.0 cm³/mol. The molecule has 19 heavy (non-hydrogen) atoms. The van der Waals surface area contributed by atoms with Crippen LogP contribution >= 0.6 is 0 Å². The molecule has 1 fully saturated rings. The number of rotatable bonds is 1. The second-order valence-electron chi connectivity index (χ2n) is 6.35. The molecule has 1 N–H and O–H groups in total. The monoisotopic (exact) mass is 258 g/mol. The summed E-state index contributed by atoms with van der Waals surface area (Å²) in [7, 11) is 0. The lowest BCUT2D eigenvalue weighted by molar-refractivity contribution is -0.141. The summed E-state index contributed by atoms with van der Waals surface area (Å²) in [5.41, 5.74) is 2.65. The smallest absolute Gasteiger partial charge is 0.226 e. The zero-order valence-corrected chi connectivity index (χ0v) is 11.8. The first-order chi connectivity index (χ1) is 9.08. The normalized spacial score (nSPS) is 22.3. The molecule has 1 aliphatic carbocycles. The van der Waals surface area contributed by atoms with Crippen molar-refractivity contribution in [2.24, 2.45) is 5.92 Å². The van der Waals surface area contributed by atoms with Gasteiger partial charge in [-0.25, -0.2) is 0 Å². The fourth-order valence-electron chi connectivity index (χ4n) is 3.35. The van der Waals surface area contributed by atoms with Gasteiger partial charge in [0.25, 0.3) is 0 Å². The molecule has 0 spiro atoms. The van der Waals surface area contributed by atoms with Crippen molar-refractivity contribution in [3.05, 3.63) is 35.4 Å². The molecular weight excluding hydrogens is 236 g/mol. The summed E-state index contributed by atoms with van der Waals surface area (Å²) in [6.45, 7) is 6.93. The van der Waals surface area contributed by atoms with Crippen LogP contribution in [0.5, 0.6) is 0 Å². The van der Waals surface area contributed by atoms with Crippen molar-refractivity contribution in [1.82, 2.24) is 10.2 Å². The largest absolute Gasteiger partial charge is 0.335 e. The first-order valence-corrected chi connectivity index (χ1v) is 7.17. The lowest BCUT2D eigenvalue weighted by atomic mass is 9.96. The molecule has 3 rings (SSSR count). The topological polar surface area (TPSA) is 32.3 Å². The van der Waals surface area contributed by atoms with Crippen LogP contribution in [0, 0.1) is 5.92 Å². The van der Waals surface area contributed by atoms with Crippen LogP contribution in [-0.2, 0) is 17.6 Å². The Morgan fingerprint density at radius 1 is 1.26 bits per heavy atom. The second-order valence-corrected chi connectivity index (χ2v) is 6.35. The van der Waals surface area contributed by atoms with Crippen molar-refractivity contribution in [1.29, 1.82) is 0 Å². The number of carbonyl (C=O) groups is 1. The molecule has 0 atom stereocenters. The van der Waals surface area contributed by atoms with E-state index in [1.165, 1.54) is 11.1 Å². The van der Waals surface area contributed by atoms with Crippen molar-refractivity contribution in [2.45, 2.75) is 32.2 Å². The van der Waals surface area contributed by atoms with Crippen LogP contribution in [0.15, 0.2) is 24.3 Å². The summed E-state index contributed by atoms with van der Waals surface area (Å²) in [4.78, 5) is 14.9. The molecule has 3 nitrogen and oxygen atoms in total. The van der Waals surface area contributed by atoms with Gasteiger partial charge in [-0.3, -0.25) is 4.79 Å². The van der Waals surface area contributed by atoms with E-state index in [0.29, 0.717) is 5.91 Å². The molecular formula is C16H22N2O. The van der Waals surface area contributed by atoms with Crippen molar-refractivity contribution in [3.8, 4) is 0 Å². The average molecular weight is 258 g/mol. The van der Waals surface area contributed by atoms with Gasteiger partial charge in [0.05, 0.1) is 0 Å². The highest BCUT2D eigenvalue weighted by molar-refractivity contribution is 5.81. The molecule has 102 valence electrons. The van der Waals surface area contributed by atoms with Gasteiger partial charge in [-0.15, -0.1) is 0 Å². The van der Waals surface area contributed by atoms with Crippen LogP contribution in [0.3, 0.4) is 0 Å². The molecule has 1 aromatic rings. The van der Waals surface area contributed by atoms with Crippen molar-refractivity contribution in [2.75, 3.05) is 19.6 Å². The van der Waals surface area contributed by atoms with Gasteiger partial charge < -0.3 is 10.2 Å². The molecule has 3 heteroatoms. The number of nitrogens with one attached hydrogen (secondary N) is 1. The van der Waals surface area contributed by atoms with Crippen molar-refractivity contribution < 1.29 is 4.79 Å². The Bertz CT molecular complexity index is 470. The average Bonchev–Trinajstić information content (AvgIpc) is 2.81. The number of hydrogen-bond acceptors (Lipinski definition) is 2. The van der Waals surface area contributed by atoms with E-state index < -0.39 is 0 Å². The zero-order valence-electron chi connectivity index (χ0n) is 11.8. The van der Waals surface area contributed by atoms with Gasteiger partial charge in [0, 0.05) is 31.1 Å². The Balaban J connectivity index is 1.76. The minimum absolute atomic E-state index is 0.0654. The molecule has 0 radical (unpaired) electrons. The number of amides is 1.